The van der Waals surface area contributed by atoms with Crippen molar-refractivity contribution in [3.8, 4) is 0 Å². The Kier molecular flexibility index (Phi) is 6.85. The van der Waals surface area contributed by atoms with Crippen molar-refractivity contribution >= 4 is 23.2 Å². The van der Waals surface area contributed by atoms with E-state index in [1.54, 1.807) is 17.7 Å². The highest BCUT2D eigenvalue weighted by Gasteiger charge is 2.24. The van der Waals surface area contributed by atoms with Crippen molar-refractivity contribution in [3.05, 3.63) is 46.5 Å². The summed E-state index contributed by atoms with van der Waals surface area (Å²) < 4.78 is 5.59. The van der Waals surface area contributed by atoms with Gasteiger partial charge in [0.05, 0.1) is 12.3 Å². The molecular weight excluding hydrogens is 350 g/mol. The van der Waals surface area contributed by atoms with Crippen LogP contribution >= 0.6 is 11.3 Å². The van der Waals surface area contributed by atoms with Gasteiger partial charge in [-0.3, -0.25) is 14.5 Å². The molecule has 2 aromatic heterocycles. The molecule has 0 radical (unpaired) electrons. The summed E-state index contributed by atoms with van der Waals surface area (Å²) in [6.07, 6.45) is 5.56. The molecule has 1 aliphatic heterocycles. The first-order valence-corrected chi connectivity index (χ1v) is 10.0. The quantitative estimate of drug-likeness (QED) is 0.744. The van der Waals surface area contributed by atoms with E-state index in [-0.39, 0.29) is 24.3 Å². The predicted octanol–water partition coefficient (Wildman–Crippen LogP) is 2.80. The van der Waals surface area contributed by atoms with E-state index >= 15 is 0 Å². The van der Waals surface area contributed by atoms with Crippen molar-refractivity contribution in [1.29, 1.82) is 0 Å². The van der Waals surface area contributed by atoms with Crippen molar-refractivity contribution in [2.24, 2.45) is 0 Å². The number of likely N-dealkylation sites (tertiary alicyclic amines) is 1. The number of nitrogens with zero attached hydrogens (tertiary/aromatic N) is 1. The summed E-state index contributed by atoms with van der Waals surface area (Å²) in [6, 6.07) is 5.68. The number of carbonyl (C=O) groups is 2. The fourth-order valence-corrected chi connectivity index (χ4v) is 3.84. The number of hydrogen-bond donors (Lipinski definition) is 2. The minimum Gasteiger partial charge on any atom is -0.468 e. The van der Waals surface area contributed by atoms with Crippen LogP contribution in [0.5, 0.6) is 0 Å². The Bertz CT molecular complexity index is 679. The van der Waals surface area contributed by atoms with Crippen molar-refractivity contribution in [2.75, 3.05) is 26.2 Å². The van der Waals surface area contributed by atoms with Gasteiger partial charge in [0.2, 0.25) is 5.91 Å². The molecular formula is C19H25N3O3S. The molecule has 6 nitrogen and oxygen atoms in total. The van der Waals surface area contributed by atoms with Gasteiger partial charge in [-0.15, -0.1) is 0 Å². The largest absolute Gasteiger partial charge is 0.468 e. The van der Waals surface area contributed by atoms with Crippen LogP contribution in [-0.4, -0.2) is 42.9 Å². The van der Waals surface area contributed by atoms with Gasteiger partial charge < -0.3 is 15.1 Å². The third kappa shape index (κ3) is 5.19. The van der Waals surface area contributed by atoms with Crippen molar-refractivity contribution in [3.63, 3.8) is 0 Å². The average molecular weight is 375 g/mol. The minimum atomic E-state index is -0.138. The molecule has 3 rings (SSSR count). The molecule has 26 heavy (non-hydrogen) atoms. The molecule has 2 aromatic rings. The van der Waals surface area contributed by atoms with Gasteiger partial charge in [0.25, 0.3) is 5.91 Å². The number of carbonyl (C=O) groups excluding carboxylic acids is 2. The first-order chi connectivity index (χ1) is 12.7. The zero-order valence-electron chi connectivity index (χ0n) is 14.8. The standard InChI is InChI=1S/C19H25N3O3S/c23-18(6-8-20-19(24)15-7-12-26-14-15)21-13-16(17-5-4-11-25-17)22-9-2-1-3-10-22/h4-5,7,11-12,14,16H,1-3,6,8-10,13H2,(H,20,24)(H,21,23). The Morgan fingerprint density at radius 3 is 2.73 bits per heavy atom. The van der Waals surface area contributed by atoms with Gasteiger partial charge in [0, 0.05) is 30.5 Å². The number of thiophene rings is 1. The highest BCUT2D eigenvalue weighted by Crippen LogP contribution is 2.24. The Morgan fingerprint density at radius 2 is 2.04 bits per heavy atom. The summed E-state index contributed by atoms with van der Waals surface area (Å²) in [6.45, 7) is 2.90. The lowest BCUT2D eigenvalue weighted by Gasteiger charge is -2.33. The molecule has 7 heteroatoms. The van der Waals surface area contributed by atoms with Crippen LogP contribution < -0.4 is 10.6 Å². The molecule has 0 aromatic carbocycles. The molecule has 0 bridgehead atoms. The lowest BCUT2D eigenvalue weighted by atomic mass is 10.1. The van der Waals surface area contributed by atoms with Crippen LogP contribution in [0.1, 0.15) is 47.8 Å². The Hall–Kier alpha value is -2.12. The van der Waals surface area contributed by atoms with Gasteiger partial charge in [0.1, 0.15) is 5.76 Å². The number of piperidine rings is 1. The smallest absolute Gasteiger partial charge is 0.252 e. The van der Waals surface area contributed by atoms with Gasteiger partial charge in [-0.05, 0) is 49.5 Å². The molecule has 2 N–H and O–H groups in total. The van der Waals surface area contributed by atoms with Crippen LogP contribution in [0.15, 0.2) is 39.6 Å². The van der Waals surface area contributed by atoms with E-state index < -0.39 is 0 Å². The molecule has 0 saturated carbocycles. The Balaban J connectivity index is 1.44. The zero-order valence-corrected chi connectivity index (χ0v) is 15.6. The molecule has 1 unspecified atom stereocenters. The second-order valence-corrected chi connectivity index (χ2v) is 7.23. The maximum absolute atomic E-state index is 12.2. The normalized spacial score (nSPS) is 16.2. The summed E-state index contributed by atoms with van der Waals surface area (Å²) in [5, 5.41) is 9.41. The van der Waals surface area contributed by atoms with E-state index in [0.29, 0.717) is 18.7 Å². The predicted molar refractivity (Wildman–Crippen MR) is 101 cm³/mol. The van der Waals surface area contributed by atoms with Crippen molar-refractivity contribution in [1.82, 2.24) is 15.5 Å². The molecule has 3 heterocycles. The van der Waals surface area contributed by atoms with Crippen LogP contribution in [-0.2, 0) is 4.79 Å². The van der Waals surface area contributed by atoms with Crippen LogP contribution in [0.4, 0.5) is 0 Å². The van der Waals surface area contributed by atoms with E-state index in [4.69, 9.17) is 4.42 Å². The number of nitrogens with one attached hydrogen (secondary N) is 2. The van der Waals surface area contributed by atoms with Gasteiger partial charge in [0.15, 0.2) is 0 Å². The Labute approximate surface area is 157 Å². The van der Waals surface area contributed by atoms with Gasteiger partial charge in [-0.1, -0.05) is 6.42 Å². The van der Waals surface area contributed by atoms with E-state index in [2.05, 4.69) is 15.5 Å². The second-order valence-electron chi connectivity index (χ2n) is 6.45. The average Bonchev–Trinajstić information content (AvgIpc) is 3.37. The summed E-state index contributed by atoms with van der Waals surface area (Å²) >= 11 is 1.48. The van der Waals surface area contributed by atoms with E-state index in [9.17, 15) is 9.59 Å². The topological polar surface area (TPSA) is 74.6 Å². The first kappa shape index (κ1) is 18.7. The maximum atomic E-state index is 12.2. The van der Waals surface area contributed by atoms with Crippen LogP contribution in [0.3, 0.4) is 0 Å². The van der Waals surface area contributed by atoms with Gasteiger partial charge in [-0.2, -0.15) is 11.3 Å². The number of amides is 2. The summed E-state index contributed by atoms with van der Waals surface area (Å²) in [5.74, 6) is 0.683. The minimum absolute atomic E-state index is 0.0645. The number of furan rings is 1. The molecule has 1 aliphatic rings. The molecule has 2 amide bonds. The lowest BCUT2D eigenvalue weighted by Crippen LogP contribution is -2.41. The van der Waals surface area contributed by atoms with Crippen LogP contribution in [0.25, 0.3) is 0 Å². The van der Waals surface area contributed by atoms with Crippen LogP contribution in [0, 0.1) is 0 Å². The third-order valence-electron chi connectivity index (χ3n) is 4.62. The van der Waals surface area contributed by atoms with Gasteiger partial charge >= 0.3 is 0 Å². The monoisotopic (exact) mass is 375 g/mol. The van der Waals surface area contributed by atoms with E-state index in [0.717, 1.165) is 18.8 Å². The van der Waals surface area contributed by atoms with E-state index in [1.165, 1.54) is 30.6 Å². The highest BCUT2D eigenvalue weighted by atomic mass is 32.1. The maximum Gasteiger partial charge on any atom is 0.252 e. The van der Waals surface area contributed by atoms with E-state index in [1.807, 2.05) is 17.5 Å². The SMILES string of the molecule is O=C(CCNC(=O)c1ccsc1)NCC(c1ccco1)N1CCCCC1. The molecule has 0 spiro atoms. The highest BCUT2D eigenvalue weighted by molar-refractivity contribution is 7.08. The number of hydrogen-bond acceptors (Lipinski definition) is 5. The lowest BCUT2D eigenvalue weighted by molar-refractivity contribution is -0.121. The van der Waals surface area contributed by atoms with Crippen LogP contribution in [0.2, 0.25) is 0 Å². The number of rotatable bonds is 8. The van der Waals surface area contributed by atoms with Gasteiger partial charge in [-0.25, -0.2) is 0 Å². The first-order valence-electron chi connectivity index (χ1n) is 9.08. The molecule has 1 atom stereocenters. The summed E-state index contributed by atoms with van der Waals surface area (Å²) in [5.41, 5.74) is 0.637. The third-order valence-corrected chi connectivity index (χ3v) is 5.30. The molecule has 1 fully saturated rings. The molecule has 1 saturated heterocycles. The second kappa shape index (κ2) is 9.54. The van der Waals surface area contributed by atoms with Crippen molar-refractivity contribution < 1.29 is 14.0 Å². The molecule has 0 aliphatic carbocycles. The van der Waals surface area contributed by atoms with Crippen molar-refractivity contribution in [2.45, 2.75) is 31.7 Å². The fraction of sp³-hybridized carbons (Fsp3) is 0.474. The fourth-order valence-electron chi connectivity index (χ4n) is 3.20. The molecule has 140 valence electrons. The summed E-state index contributed by atoms with van der Waals surface area (Å²) in [4.78, 5) is 26.4. The summed E-state index contributed by atoms with van der Waals surface area (Å²) in [7, 11) is 0. The zero-order chi connectivity index (χ0) is 18.2. The Morgan fingerprint density at radius 1 is 1.19 bits per heavy atom.